The lowest BCUT2D eigenvalue weighted by atomic mass is 10.3. The summed E-state index contributed by atoms with van der Waals surface area (Å²) in [5.41, 5.74) is 0. The van der Waals surface area contributed by atoms with E-state index in [4.69, 9.17) is 0 Å². The van der Waals surface area contributed by atoms with Crippen LogP contribution in [0.3, 0.4) is 0 Å². The van der Waals surface area contributed by atoms with E-state index in [1.165, 1.54) is 0 Å². The predicted octanol–water partition coefficient (Wildman–Crippen LogP) is -4.56. The maximum Gasteiger partial charge on any atom is 0.673 e. The van der Waals surface area contributed by atoms with Crippen LogP contribution in [-0.2, 0) is 0 Å². The van der Waals surface area contributed by atoms with Crippen LogP contribution in [0.15, 0.2) is 0 Å². The maximum atomic E-state index is 9.75. The second-order valence-electron chi connectivity index (χ2n) is 0.495. The Balaban J connectivity index is -0.00000000381. The molecule has 12 N–H and O–H groups in total. The van der Waals surface area contributed by atoms with Crippen LogP contribution in [0.1, 0.15) is 0 Å². The van der Waals surface area contributed by atoms with Crippen molar-refractivity contribution in [2.24, 2.45) is 0 Å². The highest BCUT2D eigenvalue weighted by atomic mass is 24.3. The Kier molecular flexibility index (Phi) is 213. The van der Waals surface area contributed by atoms with Crippen LogP contribution in [0.5, 0.6) is 0 Å². The average molecular weight is 221 g/mol. The van der Waals surface area contributed by atoms with Crippen LogP contribution in [0, 0.1) is 0 Å². The summed E-state index contributed by atoms with van der Waals surface area (Å²) in [5.74, 6) is 0. The molecule has 0 spiro atoms. The van der Waals surface area contributed by atoms with Gasteiger partial charge in [-0.15, -0.1) is 0 Å². The van der Waals surface area contributed by atoms with Crippen LogP contribution in [0.25, 0.3) is 0 Å². The summed E-state index contributed by atoms with van der Waals surface area (Å²) in [5, 5.41) is 0. The van der Waals surface area contributed by atoms with Gasteiger partial charge >= 0.3 is 30.3 Å². The van der Waals surface area contributed by atoms with Crippen molar-refractivity contribution in [3.63, 3.8) is 0 Å². The Bertz CT molecular complexity index is 35.0. The summed E-state index contributed by atoms with van der Waals surface area (Å²) < 4.78 is 39.0. The van der Waals surface area contributed by atoms with Crippen molar-refractivity contribution in [3.8, 4) is 0 Å². The van der Waals surface area contributed by atoms with Gasteiger partial charge in [0.15, 0.2) is 0 Å². The van der Waals surface area contributed by atoms with E-state index < -0.39 is 7.25 Å². The van der Waals surface area contributed by atoms with Gasteiger partial charge in [0.2, 0.25) is 0 Å². The molecule has 0 aromatic heterocycles. The summed E-state index contributed by atoms with van der Waals surface area (Å²) >= 11 is 0. The van der Waals surface area contributed by atoms with Gasteiger partial charge in [0, 0.05) is 0 Å². The lowest BCUT2D eigenvalue weighted by Gasteiger charge is -1.94. The van der Waals surface area contributed by atoms with Gasteiger partial charge in [-0.1, -0.05) is 0 Å². The first-order valence-electron chi connectivity index (χ1n) is 0.873. The molecule has 0 rings (SSSR count). The van der Waals surface area contributed by atoms with Crippen molar-refractivity contribution in [1.82, 2.24) is 0 Å². The van der Waals surface area contributed by atoms with Gasteiger partial charge in [0.05, 0.1) is 0 Å². The molecule has 0 aromatic carbocycles. The molecule has 0 aliphatic rings. The van der Waals surface area contributed by atoms with Crippen molar-refractivity contribution in [1.29, 1.82) is 0 Å². The topological polar surface area (TPSA) is 189 Å². The summed E-state index contributed by atoms with van der Waals surface area (Å²) in [6.07, 6.45) is 0. The average Bonchev–Trinajstić information content (AvgIpc) is 0.722. The molecule has 0 bridgehead atoms. The quantitative estimate of drug-likeness (QED) is 0.281. The summed E-state index contributed by atoms with van der Waals surface area (Å²) in [7, 11) is -6.00. The molecule has 0 unspecified atom stereocenters. The first-order chi connectivity index (χ1) is 2.00. The number of halogens is 4. The van der Waals surface area contributed by atoms with E-state index in [1.807, 2.05) is 0 Å². The second-order valence-corrected chi connectivity index (χ2v) is 0.495. The van der Waals surface area contributed by atoms with Crippen molar-refractivity contribution >= 4 is 30.3 Å². The highest BCUT2D eigenvalue weighted by Gasteiger charge is 2.20. The van der Waals surface area contributed by atoms with Gasteiger partial charge in [-0.05, 0) is 0 Å². The minimum atomic E-state index is -6.00. The van der Waals surface area contributed by atoms with Crippen molar-refractivity contribution in [2.75, 3.05) is 0 Å². The number of rotatable bonds is 0. The molecule has 0 saturated carbocycles. The lowest BCUT2D eigenvalue weighted by molar-refractivity contribution is 0.368. The second kappa shape index (κ2) is 30.2. The van der Waals surface area contributed by atoms with Gasteiger partial charge in [0.1, 0.15) is 0 Å². The fourth-order valence-electron chi connectivity index (χ4n) is 0. The van der Waals surface area contributed by atoms with Gasteiger partial charge < -0.3 is 50.1 Å². The number of hydrogen-bond acceptors (Lipinski definition) is 0. The summed E-state index contributed by atoms with van der Waals surface area (Å²) in [6.45, 7) is 0. The molecule has 0 aromatic rings. The molecule has 84 valence electrons. The lowest BCUT2D eigenvalue weighted by Crippen LogP contribution is -2.02. The third-order valence-electron chi connectivity index (χ3n) is 0. The van der Waals surface area contributed by atoms with Crippen LogP contribution < -0.4 is 0 Å². The molecule has 0 saturated heterocycles. The van der Waals surface area contributed by atoms with Crippen LogP contribution in [-0.4, -0.2) is 63.2 Å². The van der Waals surface area contributed by atoms with Gasteiger partial charge in [-0.25, -0.2) is 0 Å². The molecular formula is H14BF4MgO6-. The molecule has 0 aliphatic carbocycles. The Morgan fingerprint density at radius 3 is 0.500 bits per heavy atom. The number of hydrogen-bond donors (Lipinski definition) is 0. The minimum absolute atomic E-state index is 0. The van der Waals surface area contributed by atoms with E-state index in [1.54, 1.807) is 0 Å². The first kappa shape index (κ1) is 84.7. The van der Waals surface area contributed by atoms with Gasteiger partial charge in [-0.2, -0.15) is 0 Å². The van der Waals surface area contributed by atoms with Crippen LogP contribution in [0.2, 0.25) is 0 Å². The smallest absolute Gasteiger partial charge is 0.418 e. The Labute approximate surface area is 81.0 Å². The standard InChI is InChI=1S/BF4.Mg.6H2O.2H/c2-1(3,4)5;;;;;;;;;/h;;6*1H2;;/q-1;;;;;;;;;. The minimum Gasteiger partial charge on any atom is -0.418 e. The van der Waals surface area contributed by atoms with Gasteiger partial charge in [0.25, 0.3) is 0 Å². The van der Waals surface area contributed by atoms with E-state index in [2.05, 4.69) is 0 Å². The van der Waals surface area contributed by atoms with Gasteiger partial charge in [-0.3, -0.25) is 0 Å². The van der Waals surface area contributed by atoms with E-state index in [0.717, 1.165) is 0 Å². The molecule has 0 atom stereocenters. The zero-order chi connectivity index (χ0) is 4.50. The van der Waals surface area contributed by atoms with Crippen molar-refractivity contribution in [2.45, 2.75) is 0 Å². The van der Waals surface area contributed by atoms with E-state index in [-0.39, 0.29) is 55.9 Å². The third kappa shape index (κ3) is 9230. The molecule has 6 nitrogen and oxygen atoms in total. The van der Waals surface area contributed by atoms with Crippen molar-refractivity contribution in [3.05, 3.63) is 0 Å². The van der Waals surface area contributed by atoms with E-state index in [0.29, 0.717) is 0 Å². The predicted molar refractivity (Wildman–Crippen MR) is 40.4 cm³/mol. The van der Waals surface area contributed by atoms with Crippen LogP contribution >= 0.6 is 0 Å². The Morgan fingerprint density at radius 1 is 0.500 bits per heavy atom. The third-order valence-corrected chi connectivity index (χ3v) is 0. The van der Waals surface area contributed by atoms with E-state index >= 15 is 0 Å². The molecule has 12 heavy (non-hydrogen) atoms. The summed E-state index contributed by atoms with van der Waals surface area (Å²) in [4.78, 5) is 0. The molecule has 0 heterocycles. The van der Waals surface area contributed by atoms with E-state index in [9.17, 15) is 17.3 Å². The van der Waals surface area contributed by atoms with Crippen molar-refractivity contribution < 1.29 is 50.1 Å². The normalized spacial score (nSPS) is 5.00. The highest BCUT2D eigenvalue weighted by Crippen LogP contribution is 2.06. The monoisotopic (exact) mass is 221 g/mol. The largest absolute Gasteiger partial charge is 0.673 e. The molecule has 0 amide bonds. The zero-order valence-electron chi connectivity index (χ0n) is 5.09. The highest BCUT2D eigenvalue weighted by molar-refractivity contribution is 6.50. The Morgan fingerprint density at radius 2 is 0.500 bits per heavy atom. The zero-order valence-corrected chi connectivity index (χ0v) is 5.09. The Hall–Kier alpha value is 0.311. The fourth-order valence-corrected chi connectivity index (χ4v) is 0. The SMILES string of the molecule is F[B-](F)(F)F.O.O.O.O.O.O.[MgH2]. The van der Waals surface area contributed by atoms with Crippen LogP contribution in [0.4, 0.5) is 17.3 Å². The maximum absolute atomic E-state index is 9.75. The molecule has 0 aliphatic heterocycles. The first-order valence-corrected chi connectivity index (χ1v) is 0.873. The molecule has 0 radical (unpaired) electrons. The fraction of sp³-hybridized carbons (Fsp3) is 0. The molecule has 12 heteroatoms. The molecule has 0 fully saturated rings. The molecular weight excluding hydrogens is 207 g/mol. The summed E-state index contributed by atoms with van der Waals surface area (Å²) in [6, 6.07) is 0.